The number of phenolic OH excluding ortho intramolecular Hbond substituents is 1. The van der Waals surface area contributed by atoms with Gasteiger partial charge in [-0.3, -0.25) is 4.79 Å². The summed E-state index contributed by atoms with van der Waals surface area (Å²) < 4.78 is 13.5. The fourth-order valence-corrected chi connectivity index (χ4v) is 3.55. The number of aromatic hydroxyl groups is 1. The van der Waals surface area contributed by atoms with Gasteiger partial charge in [-0.05, 0) is 74.0 Å². The standard InChI is InChI=1S/C29H24FNO2/c1-20-6-13-23(14-7-20)31(24-15-8-21(2)9-16-24)25-17-10-22(11-18-25)12-19-28(32)26-4-3-5-27(30)29(26)33/h3-19,33H,1-2H3/b19-12+. The van der Waals surface area contributed by atoms with Crippen LogP contribution in [0, 0.1) is 19.7 Å². The molecule has 0 atom stereocenters. The quantitative estimate of drug-likeness (QED) is 0.251. The summed E-state index contributed by atoms with van der Waals surface area (Å²) in [7, 11) is 0. The number of anilines is 3. The molecule has 3 nitrogen and oxygen atoms in total. The summed E-state index contributed by atoms with van der Waals surface area (Å²) in [4.78, 5) is 14.5. The zero-order valence-electron chi connectivity index (χ0n) is 18.5. The van der Waals surface area contributed by atoms with Crippen LogP contribution in [0.15, 0.2) is 97.1 Å². The van der Waals surface area contributed by atoms with Gasteiger partial charge >= 0.3 is 0 Å². The summed E-state index contributed by atoms with van der Waals surface area (Å²) in [6.07, 6.45) is 2.99. The highest BCUT2D eigenvalue weighted by Crippen LogP contribution is 2.34. The van der Waals surface area contributed by atoms with Crippen LogP contribution < -0.4 is 4.90 Å². The Balaban J connectivity index is 1.62. The number of benzene rings is 4. The first-order chi connectivity index (χ1) is 15.9. The van der Waals surface area contributed by atoms with Crippen molar-refractivity contribution in [2.24, 2.45) is 0 Å². The molecule has 0 bridgehead atoms. The van der Waals surface area contributed by atoms with E-state index in [1.807, 2.05) is 24.3 Å². The van der Waals surface area contributed by atoms with Crippen molar-refractivity contribution < 1.29 is 14.3 Å². The summed E-state index contributed by atoms with van der Waals surface area (Å²) in [5, 5.41) is 9.78. The lowest BCUT2D eigenvalue weighted by Crippen LogP contribution is -2.09. The number of rotatable bonds is 6. The Labute approximate surface area is 193 Å². The lowest BCUT2D eigenvalue weighted by molar-refractivity contribution is 0.104. The second-order valence-corrected chi connectivity index (χ2v) is 7.93. The van der Waals surface area contributed by atoms with Gasteiger partial charge in [-0.15, -0.1) is 0 Å². The van der Waals surface area contributed by atoms with Gasteiger partial charge in [0.15, 0.2) is 17.3 Å². The van der Waals surface area contributed by atoms with Gasteiger partial charge in [0.2, 0.25) is 0 Å². The number of hydrogen-bond acceptors (Lipinski definition) is 3. The molecule has 4 rings (SSSR count). The monoisotopic (exact) mass is 437 g/mol. The molecule has 164 valence electrons. The molecule has 0 amide bonds. The average molecular weight is 438 g/mol. The minimum Gasteiger partial charge on any atom is -0.504 e. The maximum absolute atomic E-state index is 13.5. The third kappa shape index (κ3) is 5.01. The second-order valence-electron chi connectivity index (χ2n) is 7.93. The van der Waals surface area contributed by atoms with E-state index >= 15 is 0 Å². The Morgan fingerprint density at radius 2 is 1.24 bits per heavy atom. The molecule has 0 fully saturated rings. The minimum absolute atomic E-state index is 0.0622. The SMILES string of the molecule is Cc1ccc(N(c2ccc(C)cc2)c2ccc(/C=C/C(=O)c3cccc(F)c3O)cc2)cc1. The predicted molar refractivity (Wildman–Crippen MR) is 132 cm³/mol. The van der Waals surface area contributed by atoms with E-state index in [9.17, 15) is 14.3 Å². The number of hydrogen-bond donors (Lipinski definition) is 1. The first-order valence-electron chi connectivity index (χ1n) is 10.7. The highest BCUT2D eigenvalue weighted by atomic mass is 19.1. The Morgan fingerprint density at radius 3 is 1.76 bits per heavy atom. The molecular formula is C29H24FNO2. The highest BCUT2D eigenvalue weighted by Gasteiger charge is 2.13. The zero-order chi connectivity index (χ0) is 23.4. The van der Waals surface area contributed by atoms with Crippen LogP contribution >= 0.6 is 0 Å². The fourth-order valence-electron chi connectivity index (χ4n) is 3.55. The molecule has 1 N–H and O–H groups in total. The lowest BCUT2D eigenvalue weighted by Gasteiger charge is -2.25. The second kappa shape index (κ2) is 9.53. The topological polar surface area (TPSA) is 40.5 Å². The molecular weight excluding hydrogens is 413 g/mol. The zero-order valence-corrected chi connectivity index (χ0v) is 18.5. The van der Waals surface area contributed by atoms with E-state index in [1.54, 1.807) is 6.08 Å². The summed E-state index contributed by atoms with van der Waals surface area (Å²) in [6, 6.07) is 28.4. The summed E-state index contributed by atoms with van der Waals surface area (Å²) in [6.45, 7) is 4.12. The average Bonchev–Trinajstić information content (AvgIpc) is 2.82. The van der Waals surface area contributed by atoms with Crippen LogP contribution in [0.3, 0.4) is 0 Å². The van der Waals surface area contributed by atoms with Crippen LogP contribution in [0.2, 0.25) is 0 Å². The van der Waals surface area contributed by atoms with Crippen molar-refractivity contribution >= 4 is 28.9 Å². The van der Waals surface area contributed by atoms with Crippen LogP contribution in [-0.4, -0.2) is 10.9 Å². The number of carbonyl (C=O) groups is 1. The van der Waals surface area contributed by atoms with Crippen molar-refractivity contribution in [2.75, 3.05) is 4.90 Å². The molecule has 4 heteroatoms. The van der Waals surface area contributed by atoms with Gasteiger partial charge < -0.3 is 10.0 Å². The molecule has 0 aliphatic rings. The molecule has 4 aromatic rings. The van der Waals surface area contributed by atoms with E-state index in [-0.39, 0.29) is 5.56 Å². The third-order valence-corrected chi connectivity index (χ3v) is 5.42. The number of para-hydroxylation sites is 1. The van der Waals surface area contributed by atoms with Gasteiger partial charge in [0, 0.05) is 17.1 Å². The van der Waals surface area contributed by atoms with Gasteiger partial charge in [-0.25, -0.2) is 4.39 Å². The maximum atomic E-state index is 13.5. The van der Waals surface area contributed by atoms with E-state index in [4.69, 9.17) is 0 Å². The molecule has 0 aromatic heterocycles. The maximum Gasteiger partial charge on any atom is 0.189 e. The van der Waals surface area contributed by atoms with Crippen LogP contribution in [0.25, 0.3) is 6.08 Å². The van der Waals surface area contributed by atoms with Crippen molar-refractivity contribution in [1.82, 2.24) is 0 Å². The molecule has 0 aliphatic heterocycles. The Morgan fingerprint density at radius 1 is 0.758 bits per heavy atom. The van der Waals surface area contributed by atoms with E-state index in [0.29, 0.717) is 0 Å². The van der Waals surface area contributed by atoms with Gasteiger partial charge in [0.1, 0.15) is 0 Å². The highest BCUT2D eigenvalue weighted by molar-refractivity contribution is 6.08. The summed E-state index contributed by atoms with van der Waals surface area (Å²) >= 11 is 0. The molecule has 4 aromatic carbocycles. The third-order valence-electron chi connectivity index (χ3n) is 5.42. The van der Waals surface area contributed by atoms with Crippen molar-refractivity contribution in [1.29, 1.82) is 0 Å². The lowest BCUT2D eigenvalue weighted by atomic mass is 10.1. The van der Waals surface area contributed by atoms with Gasteiger partial charge in [-0.2, -0.15) is 0 Å². The van der Waals surface area contributed by atoms with Crippen LogP contribution in [0.1, 0.15) is 27.0 Å². The molecule has 0 aliphatic carbocycles. The molecule has 0 saturated heterocycles. The van der Waals surface area contributed by atoms with E-state index in [0.717, 1.165) is 28.7 Å². The largest absolute Gasteiger partial charge is 0.504 e. The molecule has 33 heavy (non-hydrogen) atoms. The summed E-state index contributed by atoms with van der Waals surface area (Å²) in [5.41, 5.74) is 6.21. The normalized spacial score (nSPS) is 11.0. The van der Waals surface area contributed by atoms with Gasteiger partial charge in [0.25, 0.3) is 0 Å². The predicted octanol–water partition coefficient (Wildman–Crippen LogP) is 7.51. The van der Waals surface area contributed by atoms with Gasteiger partial charge in [0.05, 0.1) is 5.56 Å². The van der Waals surface area contributed by atoms with E-state index in [2.05, 4.69) is 67.3 Å². The fraction of sp³-hybridized carbons (Fsp3) is 0.0690. The smallest absolute Gasteiger partial charge is 0.189 e. The molecule has 0 spiro atoms. The molecule has 0 heterocycles. The Hall–Kier alpha value is -4.18. The number of nitrogens with zero attached hydrogens (tertiary/aromatic N) is 1. The van der Waals surface area contributed by atoms with Crippen molar-refractivity contribution in [3.8, 4) is 5.75 Å². The van der Waals surface area contributed by atoms with E-state index in [1.165, 1.54) is 29.3 Å². The first-order valence-corrected chi connectivity index (χ1v) is 10.7. The number of allylic oxidation sites excluding steroid dienone is 1. The molecule has 0 unspecified atom stereocenters. The van der Waals surface area contributed by atoms with E-state index < -0.39 is 17.3 Å². The Bertz CT molecular complexity index is 1250. The van der Waals surface area contributed by atoms with Crippen LogP contribution in [0.5, 0.6) is 5.75 Å². The van der Waals surface area contributed by atoms with Crippen molar-refractivity contribution in [3.63, 3.8) is 0 Å². The number of aryl methyl sites for hydroxylation is 2. The molecule has 0 saturated carbocycles. The minimum atomic E-state index is -0.814. The van der Waals surface area contributed by atoms with Crippen LogP contribution in [-0.2, 0) is 0 Å². The summed E-state index contributed by atoms with van der Waals surface area (Å²) in [5.74, 6) is -1.91. The van der Waals surface area contributed by atoms with Crippen molar-refractivity contribution in [3.05, 3.63) is 125 Å². The van der Waals surface area contributed by atoms with Crippen LogP contribution in [0.4, 0.5) is 21.5 Å². The first kappa shape index (κ1) is 22.0. The Kier molecular flexibility index (Phi) is 6.36. The number of halogens is 1. The number of phenols is 1. The van der Waals surface area contributed by atoms with Crippen molar-refractivity contribution in [2.45, 2.75) is 13.8 Å². The molecule has 0 radical (unpaired) electrons. The van der Waals surface area contributed by atoms with Gasteiger partial charge in [-0.1, -0.05) is 59.7 Å². The number of ketones is 1. The number of carbonyl (C=O) groups excluding carboxylic acids is 1.